The number of nitrogens with two attached hydrogens (primary N) is 3. The van der Waals surface area contributed by atoms with Crippen molar-refractivity contribution in [3.05, 3.63) is 0 Å². The molecule has 7 heteroatoms. The fourth-order valence-corrected chi connectivity index (χ4v) is 0.236. The van der Waals surface area contributed by atoms with Crippen LogP contribution in [0.15, 0.2) is 0 Å². The summed E-state index contributed by atoms with van der Waals surface area (Å²) >= 11 is 0. The van der Waals surface area contributed by atoms with Crippen LogP contribution in [0.5, 0.6) is 0 Å². The van der Waals surface area contributed by atoms with Crippen LogP contribution in [-0.4, -0.2) is 18.2 Å². The van der Waals surface area contributed by atoms with E-state index >= 15 is 0 Å². The number of hydrogen-bond donors (Lipinski definition) is 4. The van der Waals surface area contributed by atoms with E-state index in [-0.39, 0.29) is 5.48 Å². The molecule has 7 nitrogen and oxygen atoms in total. The fraction of sp³-hybridized carbons (Fsp3) is 0.750. The highest BCUT2D eigenvalue weighted by atomic mass is 16.5. The highest BCUT2D eigenvalue weighted by Crippen LogP contribution is 1.78. The molecule has 1 amide bonds. The second-order valence-electron chi connectivity index (χ2n) is 1.28. The highest BCUT2D eigenvalue weighted by molar-refractivity contribution is 5.66. The third-order valence-electron chi connectivity index (χ3n) is 0.555. The molecule has 11 heavy (non-hydrogen) atoms. The number of carbonyl (C=O) groups is 1. The Labute approximate surface area is 65.1 Å². The van der Waals surface area contributed by atoms with Crippen LogP contribution in [0.1, 0.15) is 13.3 Å². The predicted octanol–water partition coefficient (Wildman–Crippen LogP) is -2.01. The predicted molar refractivity (Wildman–Crippen MR) is 41.0 cm³/mol. The van der Waals surface area contributed by atoms with Gasteiger partial charge in [-0.25, -0.2) is 10.6 Å². The van der Waals surface area contributed by atoms with E-state index in [0.717, 1.165) is 6.42 Å². The SMILES string of the molecule is CCCOC(=O)NN.NN.O. The van der Waals surface area contributed by atoms with Gasteiger partial charge < -0.3 is 10.2 Å². The van der Waals surface area contributed by atoms with Crippen LogP contribution in [-0.2, 0) is 4.74 Å². The largest absolute Gasteiger partial charge is 0.449 e. The van der Waals surface area contributed by atoms with Crippen molar-refractivity contribution in [2.45, 2.75) is 13.3 Å². The molecule has 0 aromatic heterocycles. The van der Waals surface area contributed by atoms with Crippen molar-refractivity contribution >= 4 is 6.09 Å². The first-order valence-corrected chi connectivity index (χ1v) is 2.78. The molecule has 0 rings (SSSR count). The van der Waals surface area contributed by atoms with Gasteiger partial charge in [-0.3, -0.25) is 17.1 Å². The van der Waals surface area contributed by atoms with E-state index in [1.807, 2.05) is 12.3 Å². The molecule has 0 aromatic carbocycles. The quantitative estimate of drug-likeness (QED) is 0.213. The average molecular weight is 168 g/mol. The third kappa shape index (κ3) is 17.6. The van der Waals surface area contributed by atoms with Gasteiger partial charge in [0.05, 0.1) is 6.61 Å². The van der Waals surface area contributed by atoms with Crippen molar-refractivity contribution in [2.24, 2.45) is 17.5 Å². The zero-order valence-electron chi connectivity index (χ0n) is 6.46. The first kappa shape index (κ1) is 16.6. The van der Waals surface area contributed by atoms with Crippen molar-refractivity contribution in [1.82, 2.24) is 5.43 Å². The lowest BCUT2D eigenvalue weighted by atomic mass is 10.5. The molecule has 0 aromatic rings. The van der Waals surface area contributed by atoms with Crippen molar-refractivity contribution in [2.75, 3.05) is 6.61 Å². The van der Waals surface area contributed by atoms with E-state index in [4.69, 9.17) is 0 Å². The van der Waals surface area contributed by atoms with Crippen LogP contribution >= 0.6 is 0 Å². The molecule has 0 spiro atoms. The van der Waals surface area contributed by atoms with Crippen LogP contribution in [0.4, 0.5) is 4.79 Å². The molecular formula is C4H16N4O3. The minimum absolute atomic E-state index is 0. The van der Waals surface area contributed by atoms with Gasteiger partial charge in [-0.15, -0.1) is 0 Å². The molecule has 0 aliphatic heterocycles. The molecule has 0 aliphatic rings. The average Bonchev–Trinajstić information content (AvgIpc) is 2.04. The van der Waals surface area contributed by atoms with Crippen LogP contribution in [0.3, 0.4) is 0 Å². The number of amides is 1. The standard InChI is InChI=1S/C4H10N2O2.H4N2.H2O/c1-2-3-8-4(7)6-5;1-2;/h2-3,5H2,1H3,(H,6,7);1-2H2;1H2. The molecule has 0 saturated carbocycles. The molecule has 0 bridgehead atoms. The van der Waals surface area contributed by atoms with Crippen molar-refractivity contribution in [3.8, 4) is 0 Å². The molecule has 0 radical (unpaired) electrons. The summed E-state index contributed by atoms with van der Waals surface area (Å²) in [4.78, 5) is 10.1. The lowest BCUT2D eigenvalue weighted by molar-refractivity contribution is 0.146. The van der Waals surface area contributed by atoms with Gasteiger partial charge in [0.2, 0.25) is 0 Å². The van der Waals surface area contributed by atoms with Gasteiger partial charge in [-0.05, 0) is 6.42 Å². The summed E-state index contributed by atoms with van der Waals surface area (Å²) < 4.78 is 4.47. The third-order valence-corrected chi connectivity index (χ3v) is 0.555. The minimum Gasteiger partial charge on any atom is -0.449 e. The van der Waals surface area contributed by atoms with Crippen molar-refractivity contribution in [3.63, 3.8) is 0 Å². The number of hydrazine groups is 2. The lowest BCUT2D eigenvalue weighted by Crippen LogP contribution is -2.30. The van der Waals surface area contributed by atoms with Gasteiger partial charge >= 0.3 is 6.09 Å². The molecule has 0 aliphatic carbocycles. The summed E-state index contributed by atoms with van der Waals surface area (Å²) in [6.45, 7) is 2.33. The second kappa shape index (κ2) is 16.1. The number of nitrogens with one attached hydrogen (secondary N) is 1. The fourth-order valence-electron chi connectivity index (χ4n) is 0.236. The molecule has 0 fully saturated rings. The topological polar surface area (TPSA) is 148 Å². The van der Waals surface area contributed by atoms with Gasteiger partial charge in [0, 0.05) is 0 Å². The number of rotatable bonds is 2. The first-order valence-electron chi connectivity index (χ1n) is 2.78. The Bertz CT molecular complexity index is 79.7. The van der Waals surface area contributed by atoms with Crippen LogP contribution < -0.4 is 23.0 Å². The smallest absolute Gasteiger partial charge is 0.421 e. The van der Waals surface area contributed by atoms with Gasteiger partial charge in [-0.2, -0.15) is 0 Å². The highest BCUT2D eigenvalue weighted by Gasteiger charge is 1.92. The normalized spacial score (nSPS) is 6.55. The molecule has 0 saturated heterocycles. The summed E-state index contributed by atoms with van der Waals surface area (Å²) in [5, 5.41) is 0. The number of ether oxygens (including phenoxy) is 1. The second-order valence-corrected chi connectivity index (χ2v) is 1.28. The van der Waals surface area contributed by atoms with E-state index in [1.165, 1.54) is 0 Å². The van der Waals surface area contributed by atoms with E-state index in [0.29, 0.717) is 6.61 Å². The summed E-state index contributed by atoms with van der Waals surface area (Å²) in [5.74, 6) is 12.7. The molecule has 70 valence electrons. The van der Waals surface area contributed by atoms with E-state index in [2.05, 4.69) is 22.3 Å². The monoisotopic (exact) mass is 168 g/mol. The number of carbonyl (C=O) groups excluding carboxylic acids is 1. The Balaban J connectivity index is -0.000000196. The van der Waals surface area contributed by atoms with Gasteiger partial charge in [0.15, 0.2) is 0 Å². The first-order chi connectivity index (χ1) is 4.81. The van der Waals surface area contributed by atoms with Crippen LogP contribution in [0, 0.1) is 0 Å². The Hall–Kier alpha value is -0.890. The molecule has 0 unspecified atom stereocenters. The molecule has 9 N–H and O–H groups in total. The lowest BCUT2D eigenvalue weighted by Gasteiger charge is -1.98. The molecule has 0 heterocycles. The van der Waals surface area contributed by atoms with Crippen LogP contribution in [0.25, 0.3) is 0 Å². The van der Waals surface area contributed by atoms with Crippen LogP contribution in [0.2, 0.25) is 0 Å². The Morgan fingerprint density at radius 1 is 1.55 bits per heavy atom. The Morgan fingerprint density at radius 2 is 2.00 bits per heavy atom. The van der Waals surface area contributed by atoms with Gasteiger partial charge in [0.25, 0.3) is 0 Å². The number of hydrogen-bond acceptors (Lipinski definition) is 5. The maximum Gasteiger partial charge on any atom is 0.421 e. The molecule has 0 atom stereocenters. The van der Waals surface area contributed by atoms with Gasteiger partial charge in [-0.1, -0.05) is 6.92 Å². The molecular weight excluding hydrogens is 152 g/mol. The summed E-state index contributed by atoms with van der Waals surface area (Å²) in [5.41, 5.74) is 1.84. The maximum atomic E-state index is 10.1. The van der Waals surface area contributed by atoms with Gasteiger partial charge in [0.1, 0.15) is 0 Å². The summed E-state index contributed by atoms with van der Waals surface area (Å²) in [6, 6.07) is 0. The Kier molecular flexibility index (Phi) is 24.2. The summed E-state index contributed by atoms with van der Waals surface area (Å²) in [7, 11) is 0. The van der Waals surface area contributed by atoms with Crippen molar-refractivity contribution < 1.29 is 15.0 Å². The van der Waals surface area contributed by atoms with E-state index < -0.39 is 6.09 Å². The summed E-state index contributed by atoms with van der Waals surface area (Å²) in [6.07, 6.45) is 0.236. The van der Waals surface area contributed by atoms with E-state index in [1.54, 1.807) is 0 Å². The zero-order valence-corrected chi connectivity index (χ0v) is 6.46. The maximum absolute atomic E-state index is 10.1. The minimum atomic E-state index is -0.577. The van der Waals surface area contributed by atoms with E-state index in [9.17, 15) is 4.79 Å². The Morgan fingerprint density at radius 3 is 2.27 bits per heavy atom. The van der Waals surface area contributed by atoms with Crippen molar-refractivity contribution in [1.29, 1.82) is 0 Å². The zero-order chi connectivity index (χ0) is 8.41.